The molecular weight excluding hydrogens is 677 g/mol. The van der Waals surface area contributed by atoms with Crippen molar-refractivity contribution in [3.8, 4) is 11.5 Å². The number of rotatable bonds is 13. The molecule has 2 fully saturated rings. The second-order valence-electron chi connectivity index (χ2n) is 12.2. The summed E-state index contributed by atoms with van der Waals surface area (Å²) >= 11 is 0. The number of carbonyl (C=O) groups is 2. The number of unbranched alkanes of at least 4 members (excludes halogenated alkanes) is 1. The molecule has 1 aliphatic carbocycles. The molecule has 1 aliphatic heterocycles. The highest BCUT2D eigenvalue weighted by molar-refractivity contribution is 7.89. The van der Waals surface area contributed by atoms with E-state index in [1.54, 1.807) is 0 Å². The van der Waals surface area contributed by atoms with Crippen molar-refractivity contribution in [3.63, 3.8) is 0 Å². The summed E-state index contributed by atoms with van der Waals surface area (Å²) in [6, 6.07) is 8.28. The van der Waals surface area contributed by atoms with Gasteiger partial charge >= 0.3 is 12.1 Å². The number of likely N-dealkylation sites (tertiary alicyclic amines) is 1. The molecule has 16 heteroatoms. The Kier molecular flexibility index (Phi) is 14.6. The van der Waals surface area contributed by atoms with E-state index >= 15 is 8.78 Å². The third-order valence-corrected chi connectivity index (χ3v) is 9.77. The SMILES string of the molecule is CCCCOc1ccc(C(F)(F)[C@H](NS(=O)(=O)c2ccc(OCC3CCCCC3)cc2)C(=O)N2CCC(N)CC2)cc1.O=C(O)C(F)(F)F. The Morgan fingerprint density at radius 1 is 0.918 bits per heavy atom. The lowest BCUT2D eigenvalue weighted by molar-refractivity contribution is -0.192. The van der Waals surface area contributed by atoms with Gasteiger partial charge in [-0.2, -0.15) is 26.7 Å². The first-order valence-corrected chi connectivity index (χ1v) is 17.7. The van der Waals surface area contributed by atoms with Crippen molar-refractivity contribution in [3.05, 3.63) is 54.1 Å². The molecule has 4 rings (SSSR count). The number of benzene rings is 2. The minimum atomic E-state index is -5.08. The first-order valence-electron chi connectivity index (χ1n) is 16.3. The van der Waals surface area contributed by atoms with Gasteiger partial charge in [-0.05, 0) is 86.6 Å². The predicted octanol–water partition coefficient (Wildman–Crippen LogP) is 5.85. The molecule has 2 aromatic carbocycles. The van der Waals surface area contributed by atoms with Gasteiger partial charge in [-0.15, -0.1) is 0 Å². The van der Waals surface area contributed by atoms with Crippen molar-refractivity contribution in [2.75, 3.05) is 26.3 Å². The van der Waals surface area contributed by atoms with Crippen molar-refractivity contribution >= 4 is 21.9 Å². The molecule has 274 valence electrons. The minimum absolute atomic E-state index is 0.135. The maximum absolute atomic E-state index is 16.1. The van der Waals surface area contributed by atoms with Crippen molar-refractivity contribution in [2.24, 2.45) is 11.7 Å². The number of carboxylic acid groups (broad SMARTS) is 1. The van der Waals surface area contributed by atoms with Gasteiger partial charge in [0.15, 0.2) is 6.04 Å². The average molecular weight is 722 g/mol. The zero-order chi connectivity index (χ0) is 36.2. The summed E-state index contributed by atoms with van der Waals surface area (Å²) < 4.78 is 104. The molecule has 1 atom stereocenters. The number of carboxylic acids is 1. The summed E-state index contributed by atoms with van der Waals surface area (Å²) in [7, 11) is -4.50. The number of nitrogens with zero attached hydrogens (tertiary/aromatic N) is 1. The quantitative estimate of drug-likeness (QED) is 0.173. The number of ether oxygens (including phenoxy) is 2. The third kappa shape index (κ3) is 12.1. The van der Waals surface area contributed by atoms with E-state index in [0.29, 0.717) is 43.5 Å². The number of amides is 1. The molecule has 2 aliphatic rings. The van der Waals surface area contributed by atoms with E-state index in [1.807, 2.05) is 11.6 Å². The fraction of sp³-hybridized carbons (Fsp3) is 0.576. The molecule has 0 spiro atoms. The van der Waals surface area contributed by atoms with Gasteiger partial charge in [0.25, 0.3) is 5.92 Å². The second-order valence-corrected chi connectivity index (χ2v) is 13.9. The highest BCUT2D eigenvalue weighted by Gasteiger charge is 2.50. The zero-order valence-corrected chi connectivity index (χ0v) is 28.1. The summed E-state index contributed by atoms with van der Waals surface area (Å²) in [6.07, 6.45) is 3.38. The minimum Gasteiger partial charge on any atom is -0.494 e. The summed E-state index contributed by atoms with van der Waals surface area (Å²) in [5.41, 5.74) is 5.45. The third-order valence-electron chi connectivity index (χ3n) is 8.33. The highest BCUT2D eigenvalue weighted by Crippen LogP contribution is 2.35. The molecule has 1 amide bonds. The van der Waals surface area contributed by atoms with Crippen LogP contribution in [0.15, 0.2) is 53.4 Å². The summed E-state index contributed by atoms with van der Waals surface area (Å²) in [5.74, 6) is -6.21. The average Bonchev–Trinajstić information content (AvgIpc) is 3.07. The van der Waals surface area contributed by atoms with Gasteiger partial charge in [-0.3, -0.25) is 4.79 Å². The van der Waals surface area contributed by atoms with E-state index in [2.05, 4.69) is 0 Å². The summed E-state index contributed by atoms with van der Waals surface area (Å²) in [5, 5.41) is 7.12. The number of halogens is 5. The van der Waals surface area contributed by atoms with Crippen LogP contribution in [0.4, 0.5) is 22.0 Å². The van der Waals surface area contributed by atoms with Crippen molar-refractivity contribution in [2.45, 2.75) is 93.8 Å². The van der Waals surface area contributed by atoms with Gasteiger partial charge < -0.3 is 25.2 Å². The van der Waals surface area contributed by atoms with Crippen LogP contribution in [0.1, 0.15) is 70.3 Å². The van der Waals surface area contributed by atoms with E-state index in [-0.39, 0.29) is 24.0 Å². The molecule has 0 radical (unpaired) electrons. The zero-order valence-electron chi connectivity index (χ0n) is 27.3. The number of sulfonamides is 1. The molecule has 0 unspecified atom stereocenters. The molecular formula is C33H44F5N3O7S. The molecule has 0 bridgehead atoms. The van der Waals surface area contributed by atoms with Gasteiger partial charge in [0.2, 0.25) is 15.9 Å². The number of nitrogens with one attached hydrogen (secondary N) is 1. The Morgan fingerprint density at radius 2 is 1.45 bits per heavy atom. The topological polar surface area (TPSA) is 148 Å². The van der Waals surface area contributed by atoms with Gasteiger partial charge in [0.1, 0.15) is 11.5 Å². The summed E-state index contributed by atoms with van der Waals surface area (Å²) in [6.45, 7) is 3.36. The largest absolute Gasteiger partial charge is 0.494 e. The van der Waals surface area contributed by atoms with Crippen LogP contribution in [-0.4, -0.2) is 74.9 Å². The van der Waals surface area contributed by atoms with Crippen LogP contribution in [0.2, 0.25) is 0 Å². The number of piperidine rings is 1. The fourth-order valence-corrected chi connectivity index (χ4v) is 6.55. The number of nitrogens with two attached hydrogens (primary N) is 1. The van der Waals surface area contributed by atoms with Crippen LogP contribution < -0.4 is 19.9 Å². The maximum atomic E-state index is 16.1. The van der Waals surface area contributed by atoms with Crippen LogP contribution in [-0.2, 0) is 25.5 Å². The van der Waals surface area contributed by atoms with Crippen molar-refractivity contribution in [1.82, 2.24) is 9.62 Å². The molecule has 0 aromatic heterocycles. The Morgan fingerprint density at radius 3 is 1.98 bits per heavy atom. The second kappa shape index (κ2) is 17.9. The normalized spacial score (nSPS) is 17.1. The van der Waals surface area contributed by atoms with Crippen LogP contribution in [0.5, 0.6) is 11.5 Å². The number of hydrogen-bond donors (Lipinski definition) is 3. The van der Waals surface area contributed by atoms with Crippen LogP contribution in [0, 0.1) is 5.92 Å². The Hall–Kier alpha value is -3.50. The van der Waals surface area contributed by atoms with Crippen molar-refractivity contribution in [1.29, 1.82) is 0 Å². The molecule has 49 heavy (non-hydrogen) atoms. The van der Waals surface area contributed by atoms with E-state index in [1.165, 1.54) is 72.7 Å². The van der Waals surface area contributed by atoms with Gasteiger partial charge in [-0.25, -0.2) is 13.2 Å². The Bertz CT molecular complexity index is 1440. The molecule has 2 aromatic rings. The summed E-state index contributed by atoms with van der Waals surface area (Å²) in [4.78, 5) is 23.4. The van der Waals surface area contributed by atoms with Gasteiger partial charge in [0, 0.05) is 24.7 Å². The lowest BCUT2D eigenvalue weighted by Crippen LogP contribution is -2.57. The van der Waals surface area contributed by atoms with E-state index in [4.69, 9.17) is 25.1 Å². The first kappa shape index (κ1) is 39.9. The number of carbonyl (C=O) groups excluding carboxylic acids is 1. The van der Waals surface area contributed by atoms with Crippen LogP contribution in [0.3, 0.4) is 0 Å². The van der Waals surface area contributed by atoms with Crippen LogP contribution in [0.25, 0.3) is 0 Å². The van der Waals surface area contributed by atoms with Gasteiger partial charge in [0.05, 0.1) is 18.1 Å². The first-order chi connectivity index (χ1) is 23.0. The van der Waals surface area contributed by atoms with E-state index in [0.717, 1.165) is 25.7 Å². The van der Waals surface area contributed by atoms with Gasteiger partial charge in [-0.1, -0.05) is 32.6 Å². The fourth-order valence-electron chi connectivity index (χ4n) is 5.36. The molecule has 10 nitrogen and oxygen atoms in total. The lowest BCUT2D eigenvalue weighted by atomic mass is 9.90. The molecule has 1 saturated carbocycles. The van der Waals surface area contributed by atoms with Crippen LogP contribution >= 0.6 is 0 Å². The Balaban J connectivity index is 0.000000838. The maximum Gasteiger partial charge on any atom is 0.490 e. The number of aliphatic carboxylic acids is 1. The van der Waals surface area contributed by atoms with Crippen molar-refractivity contribution < 1.29 is 54.5 Å². The molecule has 1 saturated heterocycles. The number of hydrogen-bond acceptors (Lipinski definition) is 7. The standard InChI is InChI=1S/C31H43F2N3O5S.C2HF3O2/c1-2-3-21-40-26-11-9-24(10-12-26)31(32,33)29(30(37)36-19-17-25(34)18-20-36)35-42(38,39)28-15-13-27(14-16-28)41-22-23-7-5-4-6-8-23;3-2(4,5)1(6)7/h9-16,23,25,29,35H,2-8,17-22,34H2,1H3;(H,6,7)/t29-;/m1./s1. The monoisotopic (exact) mass is 721 g/mol. The smallest absolute Gasteiger partial charge is 0.490 e. The van der Waals surface area contributed by atoms with E-state index < -0.39 is 45.6 Å². The Labute approximate surface area is 283 Å². The molecule has 4 N–H and O–H groups in total. The van der Waals surface area contributed by atoms with E-state index in [9.17, 15) is 26.4 Å². The highest BCUT2D eigenvalue weighted by atomic mass is 32.2. The number of alkyl halides is 5. The predicted molar refractivity (Wildman–Crippen MR) is 171 cm³/mol. The molecule has 1 heterocycles. The lowest BCUT2D eigenvalue weighted by Gasteiger charge is -2.35.